The lowest BCUT2D eigenvalue weighted by Gasteiger charge is -2.26. The van der Waals surface area contributed by atoms with Crippen LogP contribution < -0.4 is 10.6 Å². The first-order valence-corrected chi connectivity index (χ1v) is 10.4. The molecule has 1 fully saturated rings. The van der Waals surface area contributed by atoms with Gasteiger partial charge in [0.2, 0.25) is 0 Å². The third kappa shape index (κ3) is 6.18. The van der Waals surface area contributed by atoms with Gasteiger partial charge < -0.3 is 19.8 Å². The van der Waals surface area contributed by atoms with E-state index in [-0.39, 0.29) is 36.1 Å². The number of aromatic nitrogens is 3. The smallest absolute Gasteiger partial charge is 0.191 e. The normalized spacial score (nSPS) is 21.9. The van der Waals surface area contributed by atoms with E-state index in [4.69, 9.17) is 14.1 Å². The molecule has 2 aliphatic heterocycles. The van der Waals surface area contributed by atoms with Crippen molar-refractivity contribution in [2.45, 2.75) is 64.1 Å². The highest BCUT2D eigenvalue weighted by molar-refractivity contribution is 14.0. The SMILES string of the molecule is Cc1nc2n(n1)CCCC2NC(=NCC1CCCCO1)NCCc1ccco1.I. The highest BCUT2D eigenvalue weighted by atomic mass is 127. The van der Waals surface area contributed by atoms with Crippen LogP contribution in [-0.2, 0) is 17.7 Å². The Morgan fingerprint density at radius 2 is 2.24 bits per heavy atom. The number of guanidine groups is 1. The molecule has 0 aliphatic carbocycles. The zero-order valence-corrected chi connectivity index (χ0v) is 19.3. The summed E-state index contributed by atoms with van der Waals surface area (Å²) in [4.78, 5) is 9.44. The topological polar surface area (TPSA) is 89.5 Å². The van der Waals surface area contributed by atoms with Gasteiger partial charge in [-0.2, -0.15) is 5.10 Å². The molecule has 0 amide bonds. The Bertz CT molecular complexity index is 770. The van der Waals surface area contributed by atoms with Crippen LogP contribution in [0.15, 0.2) is 27.8 Å². The molecule has 4 heterocycles. The van der Waals surface area contributed by atoms with Gasteiger partial charge >= 0.3 is 0 Å². The number of hydrogen-bond donors (Lipinski definition) is 2. The number of hydrogen-bond acceptors (Lipinski definition) is 5. The largest absolute Gasteiger partial charge is 0.469 e. The molecule has 160 valence electrons. The average molecular weight is 514 g/mol. The number of nitrogens with zero attached hydrogens (tertiary/aromatic N) is 4. The lowest BCUT2D eigenvalue weighted by Crippen LogP contribution is -2.43. The van der Waals surface area contributed by atoms with Gasteiger partial charge in [0.05, 0.1) is 25.0 Å². The van der Waals surface area contributed by atoms with E-state index in [0.717, 1.165) is 75.2 Å². The summed E-state index contributed by atoms with van der Waals surface area (Å²) in [6.07, 6.45) is 8.31. The number of nitrogens with one attached hydrogen (secondary N) is 2. The minimum absolute atomic E-state index is 0. The molecule has 29 heavy (non-hydrogen) atoms. The first-order chi connectivity index (χ1) is 13.8. The Hall–Kier alpha value is -1.62. The molecule has 8 nitrogen and oxygen atoms in total. The maximum absolute atomic E-state index is 5.84. The van der Waals surface area contributed by atoms with Crippen LogP contribution >= 0.6 is 24.0 Å². The van der Waals surface area contributed by atoms with Crippen LogP contribution in [0.4, 0.5) is 0 Å². The van der Waals surface area contributed by atoms with Crippen molar-refractivity contribution in [3.63, 3.8) is 0 Å². The molecule has 2 atom stereocenters. The van der Waals surface area contributed by atoms with Crippen LogP contribution in [0.25, 0.3) is 0 Å². The van der Waals surface area contributed by atoms with Gasteiger partial charge in [-0.25, -0.2) is 9.67 Å². The molecule has 4 rings (SSSR count). The van der Waals surface area contributed by atoms with E-state index in [1.807, 2.05) is 23.7 Å². The first-order valence-electron chi connectivity index (χ1n) is 10.4. The fourth-order valence-electron chi connectivity index (χ4n) is 3.83. The maximum Gasteiger partial charge on any atom is 0.191 e. The van der Waals surface area contributed by atoms with Gasteiger partial charge in [0, 0.05) is 26.1 Å². The van der Waals surface area contributed by atoms with Gasteiger partial charge in [-0.3, -0.25) is 4.99 Å². The molecule has 2 N–H and O–H groups in total. The molecule has 2 aromatic rings. The Labute approximate surface area is 188 Å². The summed E-state index contributed by atoms with van der Waals surface area (Å²) in [5.41, 5.74) is 0. The van der Waals surface area contributed by atoms with Gasteiger partial charge in [0.25, 0.3) is 0 Å². The van der Waals surface area contributed by atoms with E-state index in [9.17, 15) is 0 Å². The van der Waals surface area contributed by atoms with E-state index in [1.54, 1.807) is 6.26 Å². The van der Waals surface area contributed by atoms with Crippen molar-refractivity contribution in [2.75, 3.05) is 19.7 Å². The third-order valence-electron chi connectivity index (χ3n) is 5.26. The van der Waals surface area contributed by atoms with Crippen LogP contribution in [0.3, 0.4) is 0 Å². The second-order valence-corrected chi connectivity index (χ2v) is 7.51. The van der Waals surface area contributed by atoms with Crippen molar-refractivity contribution in [1.82, 2.24) is 25.4 Å². The Morgan fingerprint density at radius 1 is 1.31 bits per heavy atom. The Kier molecular flexibility index (Phi) is 8.34. The molecule has 2 aromatic heterocycles. The molecule has 0 bridgehead atoms. The number of rotatable bonds is 6. The van der Waals surface area contributed by atoms with Gasteiger partial charge in [-0.15, -0.1) is 24.0 Å². The van der Waals surface area contributed by atoms with Crippen LogP contribution in [0.1, 0.15) is 55.6 Å². The number of aliphatic imine (C=N–C) groups is 1. The number of ether oxygens (including phenoxy) is 1. The maximum atomic E-state index is 5.84. The van der Waals surface area contributed by atoms with Crippen molar-refractivity contribution in [1.29, 1.82) is 0 Å². The van der Waals surface area contributed by atoms with E-state index in [0.29, 0.717) is 6.54 Å². The zero-order chi connectivity index (χ0) is 19.2. The molecule has 0 aromatic carbocycles. The predicted octanol–water partition coefficient (Wildman–Crippen LogP) is 2.98. The second kappa shape index (κ2) is 11.0. The predicted molar refractivity (Wildman–Crippen MR) is 122 cm³/mol. The minimum Gasteiger partial charge on any atom is -0.469 e. The number of furan rings is 1. The molecule has 2 aliphatic rings. The van der Waals surface area contributed by atoms with Crippen molar-refractivity contribution in [3.05, 3.63) is 35.8 Å². The fraction of sp³-hybridized carbons (Fsp3) is 0.650. The quantitative estimate of drug-likeness (QED) is 0.350. The number of fused-ring (bicyclic) bond motifs is 1. The van der Waals surface area contributed by atoms with Crippen molar-refractivity contribution < 1.29 is 9.15 Å². The van der Waals surface area contributed by atoms with E-state index < -0.39 is 0 Å². The molecule has 0 saturated carbocycles. The molecule has 0 radical (unpaired) electrons. The summed E-state index contributed by atoms with van der Waals surface area (Å²) in [7, 11) is 0. The van der Waals surface area contributed by atoms with Crippen molar-refractivity contribution in [3.8, 4) is 0 Å². The lowest BCUT2D eigenvalue weighted by atomic mass is 10.1. The average Bonchev–Trinajstić information content (AvgIpc) is 3.36. The molecule has 0 spiro atoms. The second-order valence-electron chi connectivity index (χ2n) is 7.51. The molecule has 9 heteroatoms. The summed E-state index contributed by atoms with van der Waals surface area (Å²) >= 11 is 0. The van der Waals surface area contributed by atoms with E-state index in [2.05, 4.69) is 20.7 Å². The summed E-state index contributed by atoms with van der Waals surface area (Å²) in [5, 5.41) is 11.5. The van der Waals surface area contributed by atoms with E-state index >= 15 is 0 Å². The van der Waals surface area contributed by atoms with Crippen molar-refractivity contribution >= 4 is 29.9 Å². The summed E-state index contributed by atoms with van der Waals surface area (Å²) in [5.74, 6) is 3.59. The summed E-state index contributed by atoms with van der Waals surface area (Å²) in [6, 6.07) is 4.03. The van der Waals surface area contributed by atoms with Gasteiger partial charge in [-0.05, 0) is 51.2 Å². The molecular weight excluding hydrogens is 483 g/mol. The zero-order valence-electron chi connectivity index (χ0n) is 17.0. The monoisotopic (exact) mass is 514 g/mol. The van der Waals surface area contributed by atoms with Gasteiger partial charge in [-0.1, -0.05) is 0 Å². The number of halogens is 1. The fourth-order valence-corrected chi connectivity index (χ4v) is 3.83. The highest BCUT2D eigenvalue weighted by Crippen LogP contribution is 2.23. The third-order valence-corrected chi connectivity index (χ3v) is 5.26. The Morgan fingerprint density at radius 3 is 3.03 bits per heavy atom. The molecular formula is C20H31IN6O2. The Balaban J connectivity index is 0.00000240. The van der Waals surface area contributed by atoms with Gasteiger partial charge in [0.15, 0.2) is 5.96 Å². The van der Waals surface area contributed by atoms with Crippen molar-refractivity contribution in [2.24, 2.45) is 4.99 Å². The van der Waals surface area contributed by atoms with Gasteiger partial charge in [0.1, 0.15) is 17.4 Å². The molecule has 2 unspecified atom stereocenters. The number of aryl methyl sites for hydroxylation is 2. The van der Waals surface area contributed by atoms with Crippen LogP contribution in [0.2, 0.25) is 0 Å². The first kappa shape index (κ1) is 22.1. The molecule has 1 saturated heterocycles. The lowest BCUT2D eigenvalue weighted by molar-refractivity contribution is 0.0224. The standard InChI is InChI=1S/C20H30N6O2.HI/c1-15-23-19-18(8-4-11-26(19)25-15)24-20(21-10-9-16-7-5-13-27-16)22-14-17-6-2-3-12-28-17;/h5,7,13,17-18H,2-4,6,8-12,14H2,1H3,(H2,21,22,24);1H. The van der Waals surface area contributed by atoms with Crippen LogP contribution in [-0.4, -0.2) is 46.5 Å². The van der Waals surface area contributed by atoms with Crippen LogP contribution in [0, 0.1) is 6.92 Å². The highest BCUT2D eigenvalue weighted by Gasteiger charge is 2.24. The van der Waals surface area contributed by atoms with E-state index in [1.165, 1.54) is 6.42 Å². The summed E-state index contributed by atoms with van der Waals surface area (Å²) < 4.78 is 13.3. The minimum atomic E-state index is 0. The van der Waals surface area contributed by atoms with Crippen LogP contribution in [0.5, 0.6) is 0 Å². The summed E-state index contributed by atoms with van der Waals surface area (Å²) in [6.45, 7) is 5.15.